The van der Waals surface area contributed by atoms with Crippen LogP contribution in [0.4, 0.5) is 5.95 Å². The molecule has 2 aliphatic heterocycles. The van der Waals surface area contributed by atoms with E-state index in [2.05, 4.69) is 27.1 Å². The average Bonchev–Trinajstić information content (AvgIpc) is 2.46. The van der Waals surface area contributed by atoms with Gasteiger partial charge in [0.2, 0.25) is 11.9 Å². The van der Waals surface area contributed by atoms with E-state index in [0.717, 1.165) is 45.2 Å². The van der Waals surface area contributed by atoms with Crippen LogP contribution in [0.1, 0.15) is 6.92 Å². The van der Waals surface area contributed by atoms with Gasteiger partial charge in [-0.2, -0.15) is 0 Å². The van der Waals surface area contributed by atoms with E-state index in [4.69, 9.17) is 0 Å². The van der Waals surface area contributed by atoms with Gasteiger partial charge in [0.1, 0.15) is 0 Å². The van der Waals surface area contributed by atoms with Crippen LogP contribution in [0.3, 0.4) is 0 Å². The summed E-state index contributed by atoms with van der Waals surface area (Å²) in [5.41, 5.74) is 0. The molecule has 0 aromatic carbocycles. The summed E-state index contributed by atoms with van der Waals surface area (Å²) in [6, 6.07) is 1.82. The van der Waals surface area contributed by atoms with Gasteiger partial charge in [0.05, 0.1) is 0 Å². The summed E-state index contributed by atoms with van der Waals surface area (Å²) in [5.74, 6) is 1.70. The van der Waals surface area contributed by atoms with Crippen molar-refractivity contribution in [3.63, 3.8) is 0 Å². The Morgan fingerprint density at radius 3 is 2.45 bits per heavy atom. The van der Waals surface area contributed by atoms with E-state index in [1.165, 1.54) is 0 Å². The highest BCUT2D eigenvalue weighted by Gasteiger charge is 2.33. The summed E-state index contributed by atoms with van der Waals surface area (Å²) < 4.78 is 0. The maximum absolute atomic E-state index is 12.4. The van der Waals surface area contributed by atoms with Crippen molar-refractivity contribution in [1.82, 2.24) is 20.2 Å². The van der Waals surface area contributed by atoms with E-state index >= 15 is 0 Å². The molecule has 20 heavy (non-hydrogen) atoms. The molecule has 1 atom stereocenters. The van der Waals surface area contributed by atoms with Gasteiger partial charge < -0.3 is 15.1 Å². The Bertz CT molecular complexity index is 454. The van der Waals surface area contributed by atoms with E-state index in [9.17, 15) is 4.79 Å². The molecule has 0 bridgehead atoms. The number of anilines is 1. The second-order valence-corrected chi connectivity index (χ2v) is 5.57. The van der Waals surface area contributed by atoms with Gasteiger partial charge in [0, 0.05) is 44.5 Å². The molecule has 1 amide bonds. The van der Waals surface area contributed by atoms with Crippen LogP contribution in [0, 0.1) is 11.8 Å². The van der Waals surface area contributed by atoms with Crippen molar-refractivity contribution in [2.75, 3.05) is 44.2 Å². The van der Waals surface area contributed by atoms with Crippen LogP contribution in [0.15, 0.2) is 18.5 Å². The van der Waals surface area contributed by atoms with E-state index < -0.39 is 0 Å². The number of rotatable bonds is 3. The van der Waals surface area contributed by atoms with Crippen LogP contribution >= 0.6 is 0 Å². The first-order valence-electron chi connectivity index (χ1n) is 7.27. The first-order chi connectivity index (χ1) is 9.75. The first kappa shape index (κ1) is 13.3. The predicted octanol–water partition coefficient (Wildman–Crippen LogP) is -0.0193. The molecule has 0 spiro atoms. The fourth-order valence-electron chi connectivity index (χ4n) is 2.74. The van der Waals surface area contributed by atoms with E-state index in [-0.39, 0.29) is 5.92 Å². The number of hydrogen-bond acceptors (Lipinski definition) is 5. The van der Waals surface area contributed by atoms with Crippen LogP contribution in [0.2, 0.25) is 0 Å². The minimum absolute atomic E-state index is 0.135. The third-order valence-electron chi connectivity index (χ3n) is 4.34. The highest BCUT2D eigenvalue weighted by atomic mass is 16.2. The molecule has 1 unspecified atom stereocenters. The number of carbonyl (C=O) groups excluding carboxylic acids is 1. The molecule has 2 saturated heterocycles. The molecule has 1 N–H and O–H groups in total. The summed E-state index contributed by atoms with van der Waals surface area (Å²) in [6.45, 7) is 7.16. The normalized spacial score (nSPS) is 21.4. The Hall–Kier alpha value is -1.69. The van der Waals surface area contributed by atoms with Gasteiger partial charge in [-0.15, -0.1) is 0 Å². The molecule has 0 saturated carbocycles. The molecular weight excluding hydrogens is 254 g/mol. The quantitative estimate of drug-likeness (QED) is 0.840. The van der Waals surface area contributed by atoms with Crippen molar-refractivity contribution in [1.29, 1.82) is 0 Å². The zero-order valence-electron chi connectivity index (χ0n) is 11.8. The summed E-state index contributed by atoms with van der Waals surface area (Å²) >= 11 is 0. The minimum Gasteiger partial charge on any atom is -0.339 e. The second kappa shape index (κ2) is 5.75. The van der Waals surface area contributed by atoms with Crippen molar-refractivity contribution in [2.24, 2.45) is 11.8 Å². The van der Waals surface area contributed by atoms with Crippen molar-refractivity contribution in [3.05, 3.63) is 18.5 Å². The molecule has 1 aromatic heterocycles. The molecule has 6 nitrogen and oxygen atoms in total. The molecule has 2 fully saturated rings. The summed E-state index contributed by atoms with van der Waals surface area (Å²) in [4.78, 5) is 25.1. The zero-order chi connectivity index (χ0) is 13.9. The highest BCUT2D eigenvalue weighted by molar-refractivity contribution is 5.79. The molecule has 0 radical (unpaired) electrons. The van der Waals surface area contributed by atoms with Gasteiger partial charge in [0.25, 0.3) is 0 Å². The number of aromatic nitrogens is 2. The van der Waals surface area contributed by atoms with Crippen molar-refractivity contribution in [2.45, 2.75) is 6.92 Å². The van der Waals surface area contributed by atoms with E-state index in [0.29, 0.717) is 11.8 Å². The van der Waals surface area contributed by atoms with E-state index in [1.54, 1.807) is 12.4 Å². The number of piperazine rings is 1. The molecular formula is C14H21N5O. The number of hydrogen-bond donors (Lipinski definition) is 1. The van der Waals surface area contributed by atoms with Crippen molar-refractivity contribution in [3.8, 4) is 0 Å². The Morgan fingerprint density at radius 2 is 1.90 bits per heavy atom. The second-order valence-electron chi connectivity index (χ2n) is 5.57. The Balaban J connectivity index is 1.54. The minimum atomic E-state index is 0.135. The largest absolute Gasteiger partial charge is 0.339 e. The van der Waals surface area contributed by atoms with Crippen molar-refractivity contribution >= 4 is 11.9 Å². The van der Waals surface area contributed by atoms with Crippen molar-refractivity contribution < 1.29 is 4.79 Å². The SMILES string of the molecule is CC(C(=O)N1CCN(c2ncccn2)CC1)C1CNC1. The topological polar surface area (TPSA) is 61.4 Å². The summed E-state index contributed by atoms with van der Waals surface area (Å²) in [7, 11) is 0. The molecule has 3 rings (SSSR count). The van der Waals surface area contributed by atoms with E-state index in [1.807, 2.05) is 11.0 Å². The van der Waals surface area contributed by atoms with Gasteiger partial charge in [-0.05, 0) is 25.1 Å². The lowest BCUT2D eigenvalue weighted by molar-refractivity contribution is -0.137. The predicted molar refractivity (Wildman–Crippen MR) is 76.3 cm³/mol. The average molecular weight is 275 g/mol. The molecule has 0 aliphatic carbocycles. The van der Waals surface area contributed by atoms with Gasteiger partial charge in [0.15, 0.2) is 0 Å². The number of amides is 1. The maximum Gasteiger partial charge on any atom is 0.225 e. The summed E-state index contributed by atoms with van der Waals surface area (Å²) in [6.07, 6.45) is 3.51. The molecule has 3 heterocycles. The summed E-state index contributed by atoms with van der Waals surface area (Å²) in [5, 5.41) is 3.23. The maximum atomic E-state index is 12.4. The fraction of sp³-hybridized carbons (Fsp3) is 0.643. The number of nitrogens with one attached hydrogen (secondary N) is 1. The highest BCUT2D eigenvalue weighted by Crippen LogP contribution is 2.20. The van der Waals surface area contributed by atoms with Crippen LogP contribution in [0.5, 0.6) is 0 Å². The number of carbonyl (C=O) groups is 1. The molecule has 1 aromatic rings. The van der Waals surface area contributed by atoms with Gasteiger partial charge in [-0.3, -0.25) is 4.79 Å². The van der Waals surface area contributed by atoms with Crippen LogP contribution in [-0.2, 0) is 4.79 Å². The zero-order valence-corrected chi connectivity index (χ0v) is 11.8. The van der Waals surface area contributed by atoms with Gasteiger partial charge in [-0.25, -0.2) is 9.97 Å². The lowest BCUT2D eigenvalue weighted by Crippen LogP contribution is -2.54. The molecule has 108 valence electrons. The van der Waals surface area contributed by atoms with Crippen LogP contribution < -0.4 is 10.2 Å². The Kier molecular flexibility index (Phi) is 3.82. The van der Waals surface area contributed by atoms with Gasteiger partial charge in [-0.1, -0.05) is 6.92 Å². The lowest BCUT2D eigenvalue weighted by atomic mass is 9.88. The number of nitrogens with zero attached hydrogens (tertiary/aromatic N) is 4. The smallest absolute Gasteiger partial charge is 0.225 e. The monoisotopic (exact) mass is 275 g/mol. The Labute approximate surface area is 119 Å². The van der Waals surface area contributed by atoms with Crippen LogP contribution in [-0.4, -0.2) is 60.0 Å². The molecule has 6 heteroatoms. The van der Waals surface area contributed by atoms with Crippen LogP contribution in [0.25, 0.3) is 0 Å². The fourth-order valence-corrected chi connectivity index (χ4v) is 2.74. The third-order valence-corrected chi connectivity index (χ3v) is 4.34. The first-order valence-corrected chi connectivity index (χ1v) is 7.27. The third kappa shape index (κ3) is 2.60. The standard InChI is InChI=1S/C14H21N5O/c1-11(12-9-15-10-12)13(20)18-5-7-19(8-6-18)14-16-3-2-4-17-14/h2-4,11-12,15H,5-10H2,1H3. The lowest BCUT2D eigenvalue weighted by Gasteiger charge is -2.39. The molecule has 2 aliphatic rings. The Morgan fingerprint density at radius 1 is 1.25 bits per heavy atom. The van der Waals surface area contributed by atoms with Gasteiger partial charge >= 0.3 is 0 Å².